The molecule has 2 N–H and O–H groups in total. The van der Waals surface area contributed by atoms with Gasteiger partial charge in [-0.15, -0.1) is 0 Å². The normalized spacial score (nSPS) is 14.1. The van der Waals surface area contributed by atoms with Gasteiger partial charge in [-0.05, 0) is 43.5 Å². The molecule has 1 amide bonds. The zero-order chi connectivity index (χ0) is 20.8. The number of aromatic amines is 1. The molecule has 1 aliphatic carbocycles. The second-order valence-electron chi connectivity index (χ2n) is 7.24. The summed E-state index contributed by atoms with van der Waals surface area (Å²) >= 11 is 0. The van der Waals surface area contributed by atoms with Crippen molar-refractivity contribution in [2.45, 2.75) is 45.1 Å². The Morgan fingerprint density at radius 1 is 1.24 bits per heavy atom. The van der Waals surface area contributed by atoms with Gasteiger partial charge in [0.15, 0.2) is 18.1 Å². The van der Waals surface area contributed by atoms with Gasteiger partial charge in [0, 0.05) is 17.3 Å². The second-order valence-corrected chi connectivity index (χ2v) is 7.24. The maximum atomic E-state index is 12.2. The number of hydrogen-bond donors (Lipinski definition) is 2. The molecule has 152 valence electrons. The predicted molar refractivity (Wildman–Crippen MR) is 109 cm³/mol. The van der Waals surface area contributed by atoms with E-state index in [-0.39, 0.29) is 24.1 Å². The van der Waals surface area contributed by atoms with Crippen LogP contribution in [-0.2, 0) is 4.79 Å². The number of amides is 1. The van der Waals surface area contributed by atoms with Crippen molar-refractivity contribution in [3.05, 3.63) is 45.9 Å². The number of aryl methyl sites for hydroxylation is 1. The Hall–Kier alpha value is -3.27. The highest BCUT2D eigenvalue weighted by molar-refractivity contribution is 5.78. The van der Waals surface area contributed by atoms with E-state index in [2.05, 4.69) is 10.3 Å². The fourth-order valence-corrected chi connectivity index (χ4v) is 3.64. The number of H-pyrrole nitrogens is 1. The summed E-state index contributed by atoms with van der Waals surface area (Å²) in [6, 6.07) is 9.04. The van der Waals surface area contributed by atoms with Gasteiger partial charge in [0.25, 0.3) is 11.5 Å². The van der Waals surface area contributed by atoms with Crippen molar-refractivity contribution in [3.63, 3.8) is 0 Å². The third kappa shape index (κ3) is 4.96. The number of carbonyl (C=O) groups is 1. The third-order valence-electron chi connectivity index (χ3n) is 5.08. The molecule has 1 aromatic carbocycles. The van der Waals surface area contributed by atoms with E-state index in [0.717, 1.165) is 25.7 Å². The second kappa shape index (κ2) is 9.28. The number of benzene rings is 1. The number of ether oxygens (including phenoxy) is 2. The number of nitrogens with one attached hydrogen (secondary N) is 2. The van der Waals surface area contributed by atoms with Crippen LogP contribution in [0.25, 0.3) is 11.1 Å². The Bertz CT molecular complexity index is 985. The number of rotatable bonds is 6. The lowest BCUT2D eigenvalue weighted by Gasteiger charge is -2.22. The summed E-state index contributed by atoms with van der Waals surface area (Å²) in [6.45, 7) is 1.66. The van der Waals surface area contributed by atoms with Crippen molar-refractivity contribution < 1.29 is 14.3 Å². The molecule has 1 heterocycles. The van der Waals surface area contributed by atoms with E-state index in [9.17, 15) is 14.9 Å². The molecule has 0 saturated heterocycles. The Morgan fingerprint density at radius 3 is 2.69 bits per heavy atom. The minimum absolute atomic E-state index is 0.0400. The average Bonchev–Trinajstić information content (AvgIpc) is 2.72. The lowest BCUT2D eigenvalue weighted by molar-refractivity contribution is -0.124. The Labute approximate surface area is 169 Å². The summed E-state index contributed by atoms with van der Waals surface area (Å²) in [5, 5.41) is 12.4. The van der Waals surface area contributed by atoms with E-state index in [1.165, 1.54) is 13.5 Å². The molecule has 0 aliphatic heterocycles. The fourth-order valence-electron chi connectivity index (χ4n) is 3.64. The van der Waals surface area contributed by atoms with Gasteiger partial charge < -0.3 is 19.8 Å². The van der Waals surface area contributed by atoms with Crippen LogP contribution in [0, 0.1) is 18.3 Å². The average molecular weight is 395 g/mol. The molecule has 0 bridgehead atoms. The fraction of sp³-hybridized carbons (Fsp3) is 0.409. The number of methoxy groups -OCH3 is 1. The summed E-state index contributed by atoms with van der Waals surface area (Å²) in [5.41, 5.74) is 1.45. The maximum Gasteiger partial charge on any atom is 0.266 e. The number of aromatic nitrogens is 1. The van der Waals surface area contributed by atoms with Crippen LogP contribution < -0.4 is 20.3 Å². The lowest BCUT2D eigenvalue weighted by Crippen LogP contribution is -2.39. The summed E-state index contributed by atoms with van der Waals surface area (Å²) in [5.74, 6) is 0.699. The highest BCUT2D eigenvalue weighted by atomic mass is 16.5. The van der Waals surface area contributed by atoms with Crippen molar-refractivity contribution >= 4 is 5.91 Å². The quantitative estimate of drug-likeness (QED) is 0.782. The van der Waals surface area contributed by atoms with E-state index in [1.54, 1.807) is 31.2 Å². The van der Waals surface area contributed by atoms with Crippen LogP contribution in [0.15, 0.2) is 29.1 Å². The molecule has 2 aromatic rings. The number of hydrogen-bond acceptors (Lipinski definition) is 5. The molecule has 0 spiro atoms. The monoisotopic (exact) mass is 395 g/mol. The van der Waals surface area contributed by atoms with Gasteiger partial charge in [0.05, 0.1) is 7.11 Å². The van der Waals surface area contributed by atoms with Crippen LogP contribution in [0.3, 0.4) is 0 Å². The van der Waals surface area contributed by atoms with Crippen LogP contribution in [-0.4, -0.2) is 30.6 Å². The van der Waals surface area contributed by atoms with Crippen LogP contribution in [0.1, 0.15) is 43.4 Å². The van der Waals surface area contributed by atoms with Gasteiger partial charge in [0.1, 0.15) is 11.6 Å². The molecule has 1 aromatic heterocycles. The first-order valence-corrected chi connectivity index (χ1v) is 9.76. The van der Waals surface area contributed by atoms with Gasteiger partial charge in [0.2, 0.25) is 0 Å². The van der Waals surface area contributed by atoms with Gasteiger partial charge in [-0.2, -0.15) is 5.26 Å². The number of pyridine rings is 1. The van der Waals surface area contributed by atoms with Gasteiger partial charge in [-0.25, -0.2) is 0 Å². The van der Waals surface area contributed by atoms with Crippen LogP contribution in [0.2, 0.25) is 0 Å². The molecular formula is C22H25N3O4. The summed E-state index contributed by atoms with van der Waals surface area (Å²) in [6.07, 6.45) is 5.55. The van der Waals surface area contributed by atoms with Crippen molar-refractivity contribution in [2.24, 2.45) is 0 Å². The summed E-state index contributed by atoms with van der Waals surface area (Å²) in [4.78, 5) is 26.9. The van der Waals surface area contributed by atoms with Gasteiger partial charge in [-0.3, -0.25) is 9.59 Å². The van der Waals surface area contributed by atoms with E-state index in [4.69, 9.17) is 9.47 Å². The molecule has 0 radical (unpaired) electrons. The van der Waals surface area contributed by atoms with E-state index in [0.29, 0.717) is 28.3 Å². The highest BCUT2D eigenvalue weighted by Gasteiger charge is 2.17. The first-order chi connectivity index (χ1) is 14.0. The molecule has 1 aliphatic rings. The Morgan fingerprint density at radius 2 is 2.00 bits per heavy atom. The summed E-state index contributed by atoms with van der Waals surface area (Å²) < 4.78 is 11.1. The highest BCUT2D eigenvalue weighted by Crippen LogP contribution is 2.33. The molecule has 1 saturated carbocycles. The standard InChI is InChI=1S/C22H25N3O4/c1-14-10-17(18(12-23)22(27)24-14)15-8-9-19(20(11-15)28-2)29-13-21(26)25-16-6-4-3-5-7-16/h8-11,16H,3-7,13H2,1-2H3,(H,24,27)(H,25,26). The minimum Gasteiger partial charge on any atom is -0.493 e. The minimum atomic E-state index is -0.429. The molecule has 7 nitrogen and oxygen atoms in total. The van der Waals surface area contributed by atoms with Crippen molar-refractivity contribution in [1.82, 2.24) is 10.3 Å². The third-order valence-corrected chi connectivity index (χ3v) is 5.08. The smallest absolute Gasteiger partial charge is 0.266 e. The molecule has 29 heavy (non-hydrogen) atoms. The zero-order valence-corrected chi connectivity index (χ0v) is 16.7. The lowest BCUT2D eigenvalue weighted by atomic mass is 9.95. The molecule has 0 unspecified atom stereocenters. The maximum absolute atomic E-state index is 12.2. The topological polar surface area (TPSA) is 104 Å². The van der Waals surface area contributed by atoms with Gasteiger partial charge in [-0.1, -0.05) is 25.3 Å². The Balaban J connectivity index is 1.75. The van der Waals surface area contributed by atoms with Crippen LogP contribution in [0.5, 0.6) is 11.5 Å². The molecule has 7 heteroatoms. The molecule has 1 fully saturated rings. The predicted octanol–water partition coefficient (Wildman–Crippen LogP) is 3.06. The first kappa shape index (κ1) is 20.5. The Kier molecular flexibility index (Phi) is 6.55. The van der Waals surface area contributed by atoms with E-state index < -0.39 is 5.56 Å². The number of carbonyl (C=O) groups excluding carboxylic acids is 1. The number of nitriles is 1. The SMILES string of the molecule is COc1cc(-c2cc(C)[nH]c(=O)c2C#N)ccc1OCC(=O)NC1CCCCC1. The first-order valence-electron chi connectivity index (χ1n) is 9.76. The molecular weight excluding hydrogens is 370 g/mol. The largest absolute Gasteiger partial charge is 0.493 e. The zero-order valence-electron chi connectivity index (χ0n) is 16.7. The van der Waals surface area contributed by atoms with Crippen LogP contribution >= 0.6 is 0 Å². The summed E-state index contributed by atoms with van der Waals surface area (Å²) in [7, 11) is 1.50. The van der Waals surface area contributed by atoms with Gasteiger partial charge >= 0.3 is 0 Å². The van der Waals surface area contributed by atoms with Crippen molar-refractivity contribution in [2.75, 3.05) is 13.7 Å². The number of nitrogens with zero attached hydrogens (tertiary/aromatic N) is 1. The van der Waals surface area contributed by atoms with Crippen molar-refractivity contribution in [1.29, 1.82) is 5.26 Å². The van der Waals surface area contributed by atoms with E-state index >= 15 is 0 Å². The molecule has 3 rings (SSSR count). The molecule has 0 atom stereocenters. The van der Waals surface area contributed by atoms with E-state index in [1.807, 2.05) is 6.07 Å². The van der Waals surface area contributed by atoms with Crippen LogP contribution in [0.4, 0.5) is 0 Å². The van der Waals surface area contributed by atoms with Crippen molar-refractivity contribution in [3.8, 4) is 28.7 Å².